The molecule has 22 heavy (non-hydrogen) atoms. The van der Waals surface area contributed by atoms with Gasteiger partial charge in [-0.05, 0) is 31.7 Å². The summed E-state index contributed by atoms with van der Waals surface area (Å²) in [7, 11) is -4.67. The Hall–Kier alpha value is 0.140. The number of nitrogens with one attached hydrogen (secondary N) is 1. The van der Waals surface area contributed by atoms with E-state index in [-0.39, 0.29) is 0 Å². The van der Waals surface area contributed by atoms with Crippen LogP contribution in [0.25, 0.3) is 0 Å². The number of rotatable bonds is 10. The van der Waals surface area contributed by atoms with Crippen molar-refractivity contribution in [3.8, 4) is 0 Å². The van der Waals surface area contributed by atoms with Gasteiger partial charge < -0.3 is 10.1 Å². The molecule has 1 rings (SSSR count). The SMILES string of the molecule is O=S(=O)(O)O.SCCNCCCCOCCC1CCCCC1. The zero-order valence-electron chi connectivity index (χ0n) is 13.2. The molecule has 1 aliphatic rings. The Morgan fingerprint density at radius 3 is 2.27 bits per heavy atom. The molecule has 0 spiro atoms. The molecular formula is C14H31NO5S2. The fourth-order valence-electron chi connectivity index (χ4n) is 2.49. The van der Waals surface area contributed by atoms with Crippen LogP contribution in [0.4, 0.5) is 0 Å². The van der Waals surface area contributed by atoms with Gasteiger partial charge in [0.05, 0.1) is 0 Å². The molecule has 1 aliphatic carbocycles. The second-order valence-electron chi connectivity index (χ2n) is 5.53. The summed E-state index contributed by atoms with van der Waals surface area (Å²) in [5, 5.41) is 3.35. The van der Waals surface area contributed by atoms with Gasteiger partial charge in [0.25, 0.3) is 0 Å². The molecule has 0 unspecified atom stereocenters. The van der Waals surface area contributed by atoms with Gasteiger partial charge in [-0.2, -0.15) is 21.0 Å². The molecule has 1 fully saturated rings. The largest absolute Gasteiger partial charge is 0.394 e. The molecule has 0 aromatic carbocycles. The predicted molar refractivity (Wildman–Crippen MR) is 92.1 cm³/mol. The van der Waals surface area contributed by atoms with Gasteiger partial charge in [-0.1, -0.05) is 32.1 Å². The van der Waals surface area contributed by atoms with Gasteiger partial charge in [0.2, 0.25) is 0 Å². The maximum atomic E-state index is 8.74. The molecule has 1 saturated carbocycles. The highest BCUT2D eigenvalue weighted by Gasteiger charge is 2.12. The number of ether oxygens (including phenoxy) is 1. The van der Waals surface area contributed by atoms with Crippen molar-refractivity contribution in [3.05, 3.63) is 0 Å². The summed E-state index contributed by atoms with van der Waals surface area (Å²) < 4.78 is 37.3. The van der Waals surface area contributed by atoms with Crippen molar-refractivity contribution in [1.29, 1.82) is 0 Å². The van der Waals surface area contributed by atoms with Gasteiger partial charge in [-0.3, -0.25) is 9.11 Å². The highest BCUT2D eigenvalue weighted by molar-refractivity contribution is 7.80. The average molecular weight is 358 g/mol. The molecule has 0 radical (unpaired) electrons. The third-order valence-electron chi connectivity index (χ3n) is 3.58. The summed E-state index contributed by atoms with van der Waals surface area (Å²) >= 11 is 4.15. The van der Waals surface area contributed by atoms with Crippen molar-refractivity contribution >= 4 is 23.0 Å². The molecule has 8 heteroatoms. The molecule has 6 nitrogen and oxygen atoms in total. The molecule has 0 aromatic rings. The standard InChI is InChI=1S/C14H29NOS.H2O4S/c17-13-10-15-9-4-5-11-16-12-8-14-6-2-1-3-7-14;1-5(2,3)4/h14-15,17H,1-13H2;(H2,1,2,3,4). The quantitative estimate of drug-likeness (QED) is 0.273. The summed E-state index contributed by atoms with van der Waals surface area (Å²) in [6.45, 7) is 4.04. The Kier molecular flexibility index (Phi) is 14.8. The normalized spacial score (nSPS) is 16.1. The molecule has 0 bridgehead atoms. The van der Waals surface area contributed by atoms with Crippen LogP contribution in [0.15, 0.2) is 0 Å². The van der Waals surface area contributed by atoms with Crippen molar-refractivity contribution in [2.75, 3.05) is 32.1 Å². The summed E-state index contributed by atoms with van der Waals surface area (Å²) in [4.78, 5) is 0. The maximum absolute atomic E-state index is 8.74. The van der Waals surface area contributed by atoms with Crippen LogP contribution in [0, 0.1) is 5.92 Å². The Balaban J connectivity index is 0.000000763. The molecule has 0 aromatic heterocycles. The van der Waals surface area contributed by atoms with Gasteiger partial charge in [0.1, 0.15) is 0 Å². The fourth-order valence-corrected chi connectivity index (χ4v) is 2.64. The van der Waals surface area contributed by atoms with E-state index in [2.05, 4.69) is 17.9 Å². The lowest BCUT2D eigenvalue weighted by Crippen LogP contribution is -2.18. The maximum Gasteiger partial charge on any atom is 0.394 e. The van der Waals surface area contributed by atoms with E-state index < -0.39 is 10.4 Å². The topological polar surface area (TPSA) is 95.9 Å². The number of hydrogen-bond acceptors (Lipinski definition) is 5. The van der Waals surface area contributed by atoms with Crippen molar-refractivity contribution in [3.63, 3.8) is 0 Å². The lowest BCUT2D eigenvalue weighted by atomic mass is 9.87. The van der Waals surface area contributed by atoms with Gasteiger partial charge >= 0.3 is 10.4 Å². The van der Waals surface area contributed by atoms with Crippen LogP contribution in [-0.2, 0) is 15.1 Å². The summed E-state index contributed by atoms with van der Waals surface area (Å²) in [5.41, 5.74) is 0. The fraction of sp³-hybridized carbons (Fsp3) is 1.00. The Morgan fingerprint density at radius 2 is 1.68 bits per heavy atom. The lowest BCUT2D eigenvalue weighted by Gasteiger charge is -2.21. The first kappa shape index (κ1) is 22.1. The smallest absolute Gasteiger partial charge is 0.381 e. The van der Waals surface area contributed by atoms with E-state index in [0.717, 1.165) is 38.0 Å². The average Bonchev–Trinajstić information content (AvgIpc) is 2.45. The van der Waals surface area contributed by atoms with Crippen molar-refractivity contribution < 1.29 is 22.3 Å². The van der Waals surface area contributed by atoms with E-state index in [1.807, 2.05) is 0 Å². The van der Waals surface area contributed by atoms with Gasteiger partial charge in [0, 0.05) is 25.5 Å². The zero-order valence-corrected chi connectivity index (χ0v) is 15.0. The van der Waals surface area contributed by atoms with E-state index in [0.29, 0.717) is 0 Å². The predicted octanol–water partition coefficient (Wildman–Crippen LogP) is 2.62. The minimum absolute atomic E-state index is 0.928. The van der Waals surface area contributed by atoms with E-state index in [1.54, 1.807) is 0 Å². The number of hydrogen-bond donors (Lipinski definition) is 4. The highest BCUT2D eigenvalue weighted by Crippen LogP contribution is 2.25. The number of unbranched alkanes of at least 4 members (excludes halogenated alkanes) is 1. The van der Waals surface area contributed by atoms with Crippen LogP contribution >= 0.6 is 12.6 Å². The molecule has 0 aliphatic heterocycles. The number of thiol groups is 1. The summed E-state index contributed by atoms with van der Waals surface area (Å²) in [5.74, 6) is 1.89. The van der Waals surface area contributed by atoms with Gasteiger partial charge in [-0.25, -0.2) is 0 Å². The monoisotopic (exact) mass is 357 g/mol. The minimum atomic E-state index is -4.67. The second-order valence-corrected chi connectivity index (χ2v) is 6.88. The highest BCUT2D eigenvalue weighted by atomic mass is 32.3. The molecule has 3 N–H and O–H groups in total. The van der Waals surface area contributed by atoms with Crippen molar-refractivity contribution in [2.45, 2.75) is 51.4 Å². The molecule has 0 saturated heterocycles. The molecular weight excluding hydrogens is 326 g/mol. The van der Waals surface area contributed by atoms with Gasteiger partial charge in [0.15, 0.2) is 0 Å². The molecule has 0 atom stereocenters. The van der Waals surface area contributed by atoms with Crippen LogP contribution < -0.4 is 5.32 Å². The summed E-state index contributed by atoms with van der Waals surface area (Å²) in [6, 6.07) is 0. The Bertz CT molecular complexity index is 324. The van der Waals surface area contributed by atoms with Gasteiger partial charge in [-0.15, -0.1) is 0 Å². The van der Waals surface area contributed by atoms with E-state index in [1.165, 1.54) is 51.4 Å². The van der Waals surface area contributed by atoms with Crippen molar-refractivity contribution in [2.24, 2.45) is 5.92 Å². The minimum Gasteiger partial charge on any atom is -0.381 e. The van der Waals surface area contributed by atoms with Crippen LogP contribution in [0.1, 0.15) is 51.4 Å². The lowest BCUT2D eigenvalue weighted by molar-refractivity contribution is 0.110. The van der Waals surface area contributed by atoms with Crippen LogP contribution in [0.5, 0.6) is 0 Å². The molecule has 0 heterocycles. The molecule has 0 amide bonds. The third kappa shape index (κ3) is 20.1. The van der Waals surface area contributed by atoms with Crippen LogP contribution in [0.2, 0.25) is 0 Å². The third-order valence-corrected chi connectivity index (χ3v) is 3.80. The van der Waals surface area contributed by atoms with Crippen LogP contribution in [0.3, 0.4) is 0 Å². The Morgan fingerprint density at radius 1 is 1.05 bits per heavy atom. The van der Waals surface area contributed by atoms with E-state index >= 15 is 0 Å². The van der Waals surface area contributed by atoms with Crippen molar-refractivity contribution in [1.82, 2.24) is 5.32 Å². The first-order valence-electron chi connectivity index (χ1n) is 8.02. The molecule has 134 valence electrons. The van der Waals surface area contributed by atoms with E-state index in [9.17, 15) is 0 Å². The second kappa shape index (κ2) is 14.7. The first-order valence-corrected chi connectivity index (χ1v) is 10.1. The van der Waals surface area contributed by atoms with E-state index in [4.69, 9.17) is 22.3 Å². The van der Waals surface area contributed by atoms with Crippen LogP contribution in [-0.4, -0.2) is 49.6 Å². The zero-order chi connectivity index (χ0) is 16.7. The summed E-state index contributed by atoms with van der Waals surface area (Å²) in [6.07, 6.45) is 10.9. The first-order chi connectivity index (χ1) is 10.4. The Labute approximate surface area is 140 Å².